The van der Waals surface area contributed by atoms with Gasteiger partial charge in [-0.05, 0) is 31.0 Å². The quantitative estimate of drug-likeness (QED) is 0.547. The monoisotopic (exact) mass is 418 g/mol. The summed E-state index contributed by atoms with van der Waals surface area (Å²) in [6.45, 7) is 10.1. The fraction of sp³-hybridized carbons (Fsp3) is 0.333. The van der Waals surface area contributed by atoms with Crippen LogP contribution in [0.1, 0.15) is 42.1 Å². The molecule has 0 spiro atoms. The molecule has 1 aliphatic heterocycles. The first-order chi connectivity index (χ1) is 13.4. The lowest BCUT2D eigenvalue weighted by Gasteiger charge is -2.35. The molecule has 2 aromatic rings. The van der Waals surface area contributed by atoms with Gasteiger partial charge in [0.2, 0.25) is 0 Å². The van der Waals surface area contributed by atoms with Gasteiger partial charge in [-0.2, -0.15) is 0 Å². The molecule has 3 rings (SSSR count). The van der Waals surface area contributed by atoms with Crippen LogP contribution in [0.5, 0.6) is 0 Å². The van der Waals surface area contributed by atoms with Crippen LogP contribution in [0.3, 0.4) is 0 Å². The molecule has 0 saturated heterocycles. The van der Waals surface area contributed by atoms with E-state index in [4.69, 9.17) is 28.2 Å². The zero-order valence-electron chi connectivity index (χ0n) is 16.2. The van der Waals surface area contributed by atoms with Crippen LogP contribution in [0.2, 0.25) is 10.0 Å². The first-order valence-corrected chi connectivity index (χ1v) is 9.99. The number of carbonyl (C=O) groups excluding carboxylic acids is 1. The average Bonchev–Trinajstić information content (AvgIpc) is 3.05. The molecule has 0 fully saturated rings. The Balaban J connectivity index is 2.22. The lowest BCUT2D eigenvalue weighted by atomic mass is 10.1. The highest BCUT2D eigenvalue weighted by molar-refractivity contribution is 6.36. The van der Waals surface area contributed by atoms with E-state index in [-0.39, 0.29) is 11.9 Å². The van der Waals surface area contributed by atoms with E-state index in [1.165, 1.54) is 0 Å². The van der Waals surface area contributed by atoms with Crippen molar-refractivity contribution in [3.8, 4) is 0 Å². The number of halogens is 2. The Kier molecular flexibility index (Phi) is 6.16. The van der Waals surface area contributed by atoms with Crippen molar-refractivity contribution in [1.82, 2.24) is 14.5 Å². The molecule has 0 aliphatic carbocycles. The van der Waals surface area contributed by atoms with E-state index in [1.807, 2.05) is 34.6 Å². The molecule has 148 valence electrons. The third kappa shape index (κ3) is 3.56. The minimum Gasteiger partial charge on any atom is -0.322 e. The Morgan fingerprint density at radius 1 is 1.25 bits per heavy atom. The maximum atomic E-state index is 13.1. The van der Waals surface area contributed by atoms with Gasteiger partial charge in [0.1, 0.15) is 5.82 Å². The molecular weight excluding hydrogens is 395 g/mol. The summed E-state index contributed by atoms with van der Waals surface area (Å²) in [5, 5.41) is 1.08. The van der Waals surface area contributed by atoms with Gasteiger partial charge in [0.25, 0.3) is 5.91 Å². The third-order valence-corrected chi connectivity index (χ3v) is 5.42. The average molecular weight is 419 g/mol. The number of nitrogens with zero attached hydrogens (tertiary/aromatic N) is 4. The van der Waals surface area contributed by atoms with Crippen LogP contribution >= 0.6 is 23.2 Å². The second kappa shape index (κ2) is 8.41. The summed E-state index contributed by atoms with van der Waals surface area (Å²) in [7, 11) is 1.78. The first kappa shape index (κ1) is 20.5. The highest BCUT2D eigenvalue weighted by Crippen LogP contribution is 2.39. The van der Waals surface area contributed by atoms with E-state index in [0.717, 1.165) is 24.4 Å². The summed E-state index contributed by atoms with van der Waals surface area (Å²) in [6, 6.07) is 5.38. The molecule has 0 atom stereocenters. The number of rotatable bonds is 7. The highest BCUT2D eigenvalue weighted by atomic mass is 35.5. The Morgan fingerprint density at radius 3 is 2.50 bits per heavy atom. The number of anilines is 2. The summed E-state index contributed by atoms with van der Waals surface area (Å²) in [6.07, 6.45) is 5.88. The SMILES string of the molecule is C=CCC(CC=C)n1c(CC)nc2c1C(=O)N(C)CN2c1ccc(Cl)cc1Cl. The smallest absolute Gasteiger partial charge is 0.275 e. The molecule has 1 aromatic carbocycles. The van der Waals surface area contributed by atoms with Crippen molar-refractivity contribution < 1.29 is 4.79 Å². The predicted molar refractivity (Wildman–Crippen MR) is 116 cm³/mol. The van der Waals surface area contributed by atoms with Crippen LogP contribution in [0, 0.1) is 0 Å². The van der Waals surface area contributed by atoms with E-state index in [9.17, 15) is 4.79 Å². The van der Waals surface area contributed by atoms with Gasteiger partial charge in [0.15, 0.2) is 11.5 Å². The second-order valence-electron chi connectivity index (χ2n) is 6.79. The summed E-state index contributed by atoms with van der Waals surface area (Å²) < 4.78 is 2.05. The van der Waals surface area contributed by atoms with Crippen LogP contribution in [-0.2, 0) is 6.42 Å². The van der Waals surface area contributed by atoms with Gasteiger partial charge < -0.3 is 14.4 Å². The van der Waals surface area contributed by atoms with E-state index >= 15 is 0 Å². The van der Waals surface area contributed by atoms with Gasteiger partial charge in [-0.15, -0.1) is 13.2 Å². The Bertz CT molecular complexity index is 911. The maximum absolute atomic E-state index is 13.1. The van der Waals surface area contributed by atoms with Crippen LogP contribution in [0.4, 0.5) is 11.5 Å². The fourth-order valence-electron chi connectivity index (χ4n) is 3.60. The van der Waals surface area contributed by atoms with Crippen LogP contribution in [-0.4, -0.2) is 34.1 Å². The van der Waals surface area contributed by atoms with E-state index < -0.39 is 0 Å². The standard InChI is InChI=1S/C21H24Cl2N4O/c1-5-8-15(9-6-2)27-18(7-3)24-20-19(27)21(28)25(4)13-26(20)17-11-10-14(22)12-16(17)23/h5-6,10-12,15H,1-2,7-9,13H2,3-4H3. The van der Waals surface area contributed by atoms with Crippen molar-refractivity contribution in [3.05, 3.63) is 65.1 Å². The molecule has 7 heteroatoms. The lowest BCUT2D eigenvalue weighted by Crippen LogP contribution is -2.43. The zero-order chi connectivity index (χ0) is 20.4. The van der Waals surface area contributed by atoms with Gasteiger partial charge in [-0.1, -0.05) is 42.3 Å². The van der Waals surface area contributed by atoms with Crippen LogP contribution in [0.25, 0.3) is 0 Å². The fourth-order valence-corrected chi connectivity index (χ4v) is 4.11. The zero-order valence-corrected chi connectivity index (χ0v) is 17.7. The van der Waals surface area contributed by atoms with Gasteiger partial charge in [-0.25, -0.2) is 4.98 Å². The number of fused-ring (bicyclic) bond motifs is 1. The molecule has 0 N–H and O–H groups in total. The summed E-state index contributed by atoms with van der Waals surface area (Å²) >= 11 is 12.5. The summed E-state index contributed by atoms with van der Waals surface area (Å²) in [4.78, 5) is 21.6. The topological polar surface area (TPSA) is 41.4 Å². The second-order valence-corrected chi connectivity index (χ2v) is 7.64. The Morgan fingerprint density at radius 2 is 1.93 bits per heavy atom. The molecule has 0 radical (unpaired) electrons. The summed E-state index contributed by atoms with van der Waals surface area (Å²) in [5.41, 5.74) is 1.34. The van der Waals surface area contributed by atoms with Gasteiger partial charge in [0, 0.05) is 24.5 Å². The third-order valence-electron chi connectivity index (χ3n) is 4.88. The maximum Gasteiger partial charge on any atom is 0.275 e. The predicted octanol–water partition coefficient (Wildman–Crippen LogP) is 5.63. The normalized spacial score (nSPS) is 13.8. The molecule has 0 saturated carbocycles. The Labute approximate surface area is 175 Å². The van der Waals surface area contributed by atoms with Crippen molar-refractivity contribution in [2.45, 2.75) is 32.2 Å². The minimum atomic E-state index is -0.0540. The molecule has 5 nitrogen and oxygen atoms in total. The van der Waals surface area contributed by atoms with E-state index in [1.54, 1.807) is 24.1 Å². The highest BCUT2D eigenvalue weighted by Gasteiger charge is 2.36. The van der Waals surface area contributed by atoms with Gasteiger partial charge >= 0.3 is 0 Å². The molecule has 0 bridgehead atoms. The molecule has 2 heterocycles. The van der Waals surface area contributed by atoms with Crippen molar-refractivity contribution in [2.24, 2.45) is 0 Å². The number of hydrogen-bond donors (Lipinski definition) is 0. The number of carbonyl (C=O) groups is 1. The molecular formula is C21H24Cl2N4O. The molecule has 1 aliphatic rings. The molecule has 28 heavy (non-hydrogen) atoms. The number of hydrogen-bond acceptors (Lipinski definition) is 3. The van der Waals surface area contributed by atoms with Gasteiger partial charge in [0.05, 0.1) is 17.4 Å². The molecule has 1 aromatic heterocycles. The number of amides is 1. The number of aryl methyl sites for hydroxylation is 1. The molecule has 0 unspecified atom stereocenters. The number of allylic oxidation sites excluding steroid dienone is 2. The van der Waals surface area contributed by atoms with E-state index in [2.05, 4.69) is 13.2 Å². The van der Waals surface area contributed by atoms with Crippen molar-refractivity contribution >= 4 is 40.6 Å². The summed E-state index contributed by atoms with van der Waals surface area (Å²) in [5.74, 6) is 1.43. The van der Waals surface area contributed by atoms with Crippen LogP contribution < -0.4 is 4.90 Å². The number of aromatic nitrogens is 2. The largest absolute Gasteiger partial charge is 0.322 e. The van der Waals surface area contributed by atoms with Gasteiger partial charge in [-0.3, -0.25) is 4.79 Å². The Hall–Kier alpha value is -2.24. The van der Waals surface area contributed by atoms with Crippen molar-refractivity contribution in [2.75, 3.05) is 18.6 Å². The number of benzene rings is 1. The van der Waals surface area contributed by atoms with Crippen molar-refractivity contribution in [3.63, 3.8) is 0 Å². The first-order valence-electron chi connectivity index (χ1n) is 9.23. The minimum absolute atomic E-state index is 0.0409. The number of imidazole rings is 1. The van der Waals surface area contributed by atoms with E-state index in [0.29, 0.717) is 34.6 Å². The van der Waals surface area contributed by atoms with Crippen LogP contribution in [0.15, 0.2) is 43.5 Å². The molecule has 1 amide bonds. The lowest BCUT2D eigenvalue weighted by molar-refractivity contribution is 0.0773. The van der Waals surface area contributed by atoms with Crippen molar-refractivity contribution in [1.29, 1.82) is 0 Å².